The van der Waals surface area contributed by atoms with Gasteiger partial charge < -0.3 is 9.30 Å². The van der Waals surface area contributed by atoms with Gasteiger partial charge in [-0.1, -0.05) is 12.1 Å². The van der Waals surface area contributed by atoms with E-state index in [1.54, 1.807) is 37.3 Å². The summed E-state index contributed by atoms with van der Waals surface area (Å²) in [6.45, 7) is 0. The van der Waals surface area contributed by atoms with E-state index in [1.165, 1.54) is 11.3 Å². The van der Waals surface area contributed by atoms with Crippen LogP contribution < -0.4 is 10.3 Å². The van der Waals surface area contributed by atoms with Gasteiger partial charge in [0, 0.05) is 42.1 Å². The van der Waals surface area contributed by atoms with Gasteiger partial charge >= 0.3 is 0 Å². The fourth-order valence-electron chi connectivity index (χ4n) is 3.10. The van der Waals surface area contributed by atoms with E-state index >= 15 is 0 Å². The summed E-state index contributed by atoms with van der Waals surface area (Å²) in [6, 6.07) is 13.6. The van der Waals surface area contributed by atoms with E-state index in [9.17, 15) is 4.79 Å². The molecule has 0 spiro atoms. The summed E-state index contributed by atoms with van der Waals surface area (Å²) >= 11 is 1.46. The fourth-order valence-corrected chi connectivity index (χ4v) is 3.74. The molecule has 0 aliphatic rings. The first-order valence-corrected chi connectivity index (χ1v) is 9.25. The van der Waals surface area contributed by atoms with Crippen molar-refractivity contribution in [1.29, 1.82) is 0 Å². The molecular weight excluding hydrogens is 358 g/mol. The van der Waals surface area contributed by atoms with E-state index in [-0.39, 0.29) is 5.56 Å². The van der Waals surface area contributed by atoms with E-state index in [1.807, 2.05) is 47.8 Å². The van der Waals surface area contributed by atoms with Crippen LogP contribution in [0.15, 0.2) is 71.2 Å². The predicted molar refractivity (Wildman–Crippen MR) is 108 cm³/mol. The Kier molecular flexibility index (Phi) is 4.56. The minimum Gasteiger partial charge on any atom is -0.497 e. The molecule has 0 fully saturated rings. The van der Waals surface area contributed by atoms with Crippen molar-refractivity contribution in [3.8, 4) is 38.7 Å². The Labute approximate surface area is 160 Å². The first kappa shape index (κ1) is 17.2. The van der Waals surface area contributed by atoms with Crippen LogP contribution >= 0.6 is 11.3 Å². The highest BCUT2D eigenvalue weighted by atomic mass is 32.1. The van der Waals surface area contributed by atoms with E-state index < -0.39 is 0 Å². The SMILES string of the molecule is COc1ccc(-c2cc(-c3nccs3)c(=O)n(C)c2-c2ccncc2)cc1. The van der Waals surface area contributed by atoms with Gasteiger partial charge in [0.15, 0.2) is 0 Å². The average molecular weight is 375 g/mol. The van der Waals surface area contributed by atoms with Gasteiger partial charge in [0.05, 0.1) is 18.4 Å². The maximum Gasteiger partial charge on any atom is 0.261 e. The lowest BCUT2D eigenvalue weighted by Gasteiger charge is -2.16. The molecule has 0 saturated heterocycles. The normalized spacial score (nSPS) is 10.7. The predicted octanol–water partition coefficient (Wildman–Crippen LogP) is 4.25. The van der Waals surface area contributed by atoms with Crippen molar-refractivity contribution in [3.63, 3.8) is 0 Å². The van der Waals surface area contributed by atoms with Crippen LogP contribution in [0.3, 0.4) is 0 Å². The summed E-state index contributed by atoms with van der Waals surface area (Å²) in [5, 5.41) is 2.59. The summed E-state index contributed by atoms with van der Waals surface area (Å²) < 4.78 is 6.96. The van der Waals surface area contributed by atoms with Crippen LogP contribution in [0.2, 0.25) is 0 Å². The third kappa shape index (κ3) is 3.15. The summed E-state index contributed by atoms with van der Waals surface area (Å²) in [5.41, 5.74) is 4.24. The maximum absolute atomic E-state index is 13.0. The zero-order valence-corrected chi connectivity index (χ0v) is 15.7. The van der Waals surface area contributed by atoms with E-state index in [0.29, 0.717) is 10.6 Å². The molecule has 0 bridgehead atoms. The molecule has 0 saturated carbocycles. The highest BCUT2D eigenvalue weighted by Crippen LogP contribution is 2.34. The molecule has 0 amide bonds. The van der Waals surface area contributed by atoms with Crippen LogP contribution in [0.4, 0.5) is 0 Å². The number of rotatable bonds is 4. The molecule has 0 unspecified atom stereocenters. The summed E-state index contributed by atoms with van der Waals surface area (Å²) in [6.07, 6.45) is 5.17. The number of benzene rings is 1. The Hall–Kier alpha value is -3.25. The molecule has 3 aromatic heterocycles. The topological polar surface area (TPSA) is 57.0 Å². The molecule has 3 heterocycles. The first-order valence-electron chi connectivity index (χ1n) is 8.38. The zero-order chi connectivity index (χ0) is 18.8. The van der Waals surface area contributed by atoms with Gasteiger partial charge in [0.25, 0.3) is 5.56 Å². The average Bonchev–Trinajstić information content (AvgIpc) is 3.25. The lowest BCUT2D eigenvalue weighted by molar-refractivity contribution is 0.415. The molecule has 5 nitrogen and oxygen atoms in total. The Balaban J connectivity index is 2.02. The highest BCUT2D eigenvalue weighted by Gasteiger charge is 2.18. The number of pyridine rings is 2. The van der Waals surface area contributed by atoms with Crippen molar-refractivity contribution in [1.82, 2.24) is 14.5 Å². The van der Waals surface area contributed by atoms with Crippen LogP contribution in [0.1, 0.15) is 0 Å². The molecule has 1 aromatic carbocycles. The van der Waals surface area contributed by atoms with Gasteiger partial charge in [-0.25, -0.2) is 4.98 Å². The number of nitrogens with zero attached hydrogens (tertiary/aromatic N) is 3. The Morgan fingerprint density at radius 3 is 2.33 bits per heavy atom. The van der Waals surface area contributed by atoms with Crippen LogP contribution in [0, 0.1) is 0 Å². The van der Waals surface area contributed by atoms with Gasteiger partial charge in [-0.2, -0.15) is 0 Å². The molecular formula is C21H17N3O2S. The van der Waals surface area contributed by atoms with Crippen molar-refractivity contribution in [2.75, 3.05) is 7.11 Å². The van der Waals surface area contributed by atoms with Crippen molar-refractivity contribution in [2.45, 2.75) is 0 Å². The minimum absolute atomic E-state index is 0.0750. The Morgan fingerprint density at radius 1 is 0.963 bits per heavy atom. The number of ether oxygens (including phenoxy) is 1. The van der Waals surface area contributed by atoms with E-state index in [0.717, 1.165) is 28.1 Å². The quantitative estimate of drug-likeness (QED) is 0.535. The molecule has 4 aromatic rings. The number of aromatic nitrogens is 3. The maximum atomic E-state index is 13.0. The number of hydrogen-bond donors (Lipinski definition) is 0. The molecule has 134 valence electrons. The van der Waals surface area contributed by atoms with Gasteiger partial charge in [-0.15, -0.1) is 11.3 Å². The van der Waals surface area contributed by atoms with Crippen molar-refractivity contribution < 1.29 is 4.74 Å². The van der Waals surface area contributed by atoms with Gasteiger partial charge in [0.1, 0.15) is 10.8 Å². The van der Waals surface area contributed by atoms with Crippen LogP contribution in [-0.4, -0.2) is 21.6 Å². The van der Waals surface area contributed by atoms with Crippen molar-refractivity contribution in [3.05, 3.63) is 76.8 Å². The molecule has 27 heavy (non-hydrogen) atoms. The second kappa shape index (κ2) is 7.17. The minimum atomic E-state index is -0.0750. The monoisotopic (exact) mass is 375 g/mol. The Bertz CT molecular complexity index is 1120. The lowest BCUT2D eigenvalue weighted by atomic mass is 9.97. The third-order valence-electron chi connectivity index (χ3n) is 4.43. The number of thiazole rings is 1. The third-order valence-corrected chi connectivity index (χ3v) is 5.24. The fraction of sp³-hybridized carbons (Fsp3) is 0.0952. The number of hydrogen-bond acceptors (Lipinski definition) is 5. The van der Waals surface area contributed by atoms with Crippen molar-refractivity contribution in [2.24, 2.45) is 7.05 Å². The van der Waals surface area contributed by atoms with E-state index in [4.69, 9.17) is 4.74 Å². The molecule has 0 atom stereocenters. The largest absolute Gasteiger partial charge is 0.497 e. The van der Waals surface area contributed by atoms with Gasteiger partial charge in [-0.05, 0) is 35.9 Å². The van der Waals surface area contributed by atoms with Gasteiger partial charge in [0.2, 0.25) is 0 Å². The summed E-state index contributed by atoms with van der Waals surface area (Å²) in [7, 11) is 3.44. The molecule has 0 N–H and O–H groups in total. The van der Waals surface area contributed by atoms with Crippen LogP contribution in [-0.2, 0) is 7.05 Å². The zero-order valence-electron chi connectivity index (χ0n) is 14.9. The smallest absolute Gasteiger partial charge is 0.261 e. The molecule has 6 heteroatoms. The second-order valence-corrected chi connectivity index (χ2v) is 6.88. The second-order valence-electron chi connectivity index (χ2n) is 5.99. The lowest BCUT2D eigenvalue weighted by Crippen LogP contribution is -2.21. The number of methoxy groups -OCH3 is 1. The molecule has 0 radical (unpaired) electrons. The molecule has 0 aliphatic carbocycles. The summed E-state index contributed by atoms with van der Waals surface area (Å²) in [4.78, 5) is 21.5. The molecule has 4 rings (SSSR count). The summed E-state index contributed by atoms with van der Waals surface area (Å²) in [5.74, 6) is 0.786. The first-order chi connectivity index (χ1) is 13.2. The highest BCUT2D eigenvalue weighted by molar-refractivity contribution is 7.13. The molecule has 0 aliphatic heterocycles. The van der Waals surface area contributed by atoms with Gasteiger partial charge in [-0.3, -0.25) is 9.78 Å². The van der Waals surface area contributed by atoms with E-state index in [2.05, 4.69) is 9.97 Å². The van der Waals surface area contributed by atoms with Crippen LogP contribution in [0.5, 0.6) is 5.75 Å². The van der Waals surface area contributed by atoms with Crippen molar-refractivity contribution >= 4 is 11.3 Å². The van der Waals surface area contributed by atoms with Crippen LogP contribution in [0.25, 0.3) is 33.0 Å². The standard InChI is InChI=1S/C21H17N3O2S/c1-24-19(15-7-9-22-10-8-15)17(14-3-5-16(26-2)6-4-14)13-18(21(24)25)20-23-11-12-27-20/h3-13H,1-2H3. The Morgan fingerprint density at radius 2 is 1.70 bits per heavy atom.